The Labute approximate surface area is 109 Å². The van der Waals surface area contributed by atoms with Crippen LogP contribution in [0.2, 0.25) is 0 Å². The lowest BCUT2D eigenvalue weighted by Crippen LogP contribution is -2.43. The fourth-order valence-corrected chi connectivity index (χ4v) is 3.34. The molecule has 0 saturated carbocycles. The summed E-state index contributed by atoms with van der Waals surface area (Å²) in [6.45, 7) is 0. The standard InChI is InChI=1S/C13H18N2O2S/c14-12(10-4-2-1-3-5-10)13(16)15-11-6-8-18(17)9-7-11/h1-5,11-12H,6-9,14H2,(H,15,16)/t11?,12-,18?/m1/s1. The van der Waals surface area contributed by atoms with Gasteiger partial charge in [0.05, 0.1) is 0 Å². The first kappa shape index (κ1) is 13.2. The second-order valence-corrected chi connectivity index (χ2v) is 6.22. The van der Waals surface area contributed by atoms with E-state index in [1.807, 2.05) is 30.3 Å². The second kappa shape index (κ2) is 6.11. The Morgan fingerprint density at radius 1 is 1.28 bits per heavy atom. The normalized spacial score (nSPS) is 25.4. The van der Waals surface area contributed by atoms with Gasteiger partial charge in [0.2, 0.25) is 5.91 Å². The summed E-state index contributed by atoms with van der Waals surface area (Å²) in [6, 6.07) is 8.81. The van der Waals surface area contributed by atoms with E-state index in [0.717, 1.165) is 18.4 Å². The molecule has 3 N–H and O–H groups in total. The second-order valence-electron chi connectivity index (χ2n) is 4.52. The maximum absolute atomic E-state index is 12.0. The number of hydrogen-bond donors (Lipinski definition) is 2. The Balaban J connectivity index is 1.90. The van der Waals surface area contributed by atoms with Crippen molar-refractivity contribution in [3.8, 4) is 0 Å². The van der Waals surface area contributed by atoms with Gasteiger partial charge in [-0.2, -0.15) is 0 Å². The molecular weight excluding hydrogens is 248 g/mol. The molecule has 1 saturated heterocycles. The van der Waals surface area contributed by atoms with E-state index >= 15 is 0 Å². The Morgan fingerprint density at radius 2 is 1.89 bits per heavy atom. The molecule has 1 fully saturated rings. The molecule has 1 aromatic carbocycles. The van der Waals surface area contributed by atoms with Crippen molar-refractivity contribution in [1.82, 2.24) is 5.32 Å². The highest BCUT2D eigenvalue weighted by molar-refractivity contribution is 7.85. The van der Waals surface area contributed by atoms with Crippen LogP contribution in [0.25, 0.3) is 0 Å². The first-order chi connectivity index (χ1) is 8.66. The third-order valence-corrected chi connectivity index (χ3v) is 4.56. The van der Waals surface area contributed by atoms with Crippen LogP contribution in [0.15, 0.2) is 30.3 Å². The fourth-order valence-electron chi connectivity index (χ4n) is 2.04. The zero-order chi connectivity index (χ0) is 13.0. The molecule has 1 aromatic rings. The summed E-state index contributed by atoms with van der Waals surface area (Å²) < 4.78 is 11.2. The largest absolute Gasteiger partial charge is 0.352 e. The molecule has 1 atom stereocenters. The summed E-state index contributed by atoms with van der Waals surface area (Å²) in [5.41, 5.74) is 6.73. The SMILES string of the molecule is N[C@@H](C(=O)NC1CCS(=O)CC1)c1ccccc1. The van der Waals surface area contributed by atoms with Crippen molar-refractivity contribution in [3.63, 3.8) is 0 Å². The van der Waals surface area contributed by atoms with Gasteiger partial charge >= 0.3 is 0 Å². The Bertz CT molecular complexity index is 426. The number of carbonyl (C=O) groups excluding carboxylic acids is 1. The molecule has 18 heavy (non-hydrogen) atoms. The quantitative estimate of drug-likeness (QED) is 0.846. The van der Waals surface area contributed by atoms with Gasteiger partial charge in [0.15, 0.2) is 0 Å². The van der Waals surface area contributed by atoms with Crippen LogP contribution < -0.4 is 11.1 Å². The zero-order valence-electron chi connectivity index (χ0n) is 10.2. The first-order valence-corrected chi connectivity index (χ1v) is 7.61. The summed E-state index contributed by atoms with van der Waals surface area (Å²) in [7, 11) is -0.705. The lowest BCUT2D eigenvalue weighted by Gasteiger charge is -2.24. The van der Waals surface area contributed by atoms with E-state index in [2.05, 4.69) is 5.32 Å². The molecule has 0 spiro atoms. The van der Waals surface area contributed by atoms with Crippen molar-refractivity contribution >= 4 is 16.7 Å². The fraction of sp³-hybridized carbons (Fsp3) is 0.462. The van der Waals surface area contributed by atoms with Crippen molar-refractivity contribution < 1.29 is 9.00 Å². The molecule has 0 radical (unpaired) electrons. The van der Waals surface area contributed by atoms with Gasteiger partial charge in [-0.05, 0) is 18.4 Å². The minimum atomic E-state index is -0.705. The Morgan fingerprint density at radius 3 is 2.50 bits per heavy atom. The van der Waals surface area contributed by atoms with Crippen LogP contribution in [-0.4, -0.2) is 27.7 Å². The highest BCUT2D eigenvalue weighted by Gasteiger charge is 2.22. The molecule has 1 amide bonds. The summed E-state index contributed by atoms with van der Waals surface area (Å²) >= 11 is 0. The minimum absolute atomic E-state index is 0.116. The van der Waals surface area contributed by atoms with Gasteiger partial charge < -0.3 is 11.1 Å². The molecule has 98 valence electrons. The molecule has 1 heterocycles. The van der Waals surface area contributed by atoms with E-state index in [1.54, 1.807) is 0 Å². The number of benzene rings is 1. The van der Waals surface area contributed by atoms with Crippen LogP contribution in [0.5, 0.6) is 0 Å². The summed E-state index contributed by atoms with van der Waals surface area (Å²) in [5.74, 6) is 1.19. The van der Waals surface area contributed by atoms with Crippen LogP contribution in [-0.2, 0) is 15.6 Å². The van der Waals surface area contributed by atoms with Crippen molar-refractivity contribution in [2.24, 2.45) is 5.73 Å². The molecule has 0 aliphatic carbocycles. The van der Waals surface area contributed by atoms with Gasteiger partial charge in [-0.25, -0.2) is 0 Å². The maximum atomic E-state index is 12.0. The van der Waals surface area contributed by atoms with E-state index < -0.39 is 16.8 Å². The number of nitrogens with one attached hydrogen (secondary N) is 1. The molecule has 0 aromatic heterocycles. The summed E-state index contributed by atoms with van der Waals surface area (Å²) in [6.07, 6.45) is 1.56. The van der Waals surface area contributed by atoms with E-state index in [1.165, 1.54) is 0 Å². The summed E-state index contributed by atoms with van der Waals surface area (Å²) in [4.78, 5) is 12.0. The predicted molar refractivity (Wildman–Crippen MR) is 72.4 cm³/mol. The Hall–Kier alpha value is -1.20. The van der Waals surface area contributed by atoms with Crippen molar-refractivity contribution in [1.29, 1.82) is 0 Å². The summed E-state index contributed by atoms with van der Waals surface area (Å²) in [5, 5.41) is 2.94. The van der Waals surface area contributed by atoms with Crippen LogP contribution in [0.4, 0.5) is 0 Å². The van der Waals surface area contributed by atoms with Gasteiger partial charge in [0.1, 0.15) is 6.04 Å². The van der Waals surface area contributed by atoms with Crippen LogP contribution in [0, 0.1) is 0 Å². The van der Waals surface area contributed by atoms with Gasteiger partial charge in [0.25, 0.3) is 0 Å². The molecular formula is C13H18N2O2S. The van der Waals surface area contributed by atoms with Crippen LogP contribution in [0.1, 0.15) is 24.4 Å². The predicted octanol–water partition coefficient (Wildman–Crippen LogP) is 0.714. The van der Waals surface area contributed by atoms with E-state index in [0.29, 0.717) is 11.5 Å². The van der Waals surface area contributed by atoms with Gasteiger partial charge in [-0.15, -0.1) is 0 Å². The lowest BCUT2D eigenvalue weighted by molar-refractivity contribution is -0.123. The molecule has 0 bridgehead atoms. The van der Waals surface area contributed by atoms with Gasteiger partial charge in [0, 0.05) is 28.3 Å². The highest BCUT2D eigenvalue weighted by Crippen LogP contribution is 2.13. The number of hydrogen-bond acceptors (Lipinski definition) is 3. The molecule has 1 aliphatic heterocycles. The average Bonchev–Trinajstić information content (AvgIpc) is 2.41. The van der Waals surface area contributed by atoms with Crippen LogP contribution in [0.3, 0.4) is 0 Å². The molecule has 5 heteroatoms. The van der Waals surface area contributed by atoms with Gasteiger partial charge in [-0.3, -0.25) is 9.00 Å². The first-order valence-electron chi connectivity index (χ1n) is 6.12. The number of amides is 1. The molecule has 0 unspecified atom stereocenters. The van der Waals surface area contributed by atoms with E-state index in [-0.39, 0.29) is 11.9 Å². The minimum Gasteiger partial charge on any atom is -0.352 e. The lowest BCUT2D eigenvalue weighted by atomic mass is 10.1. The monoisotopic (exact) mass is 266 g/mol. The molecule has 4 nitrogen and oxygen atoms in total. The van der Waals surface area contributed by atoms with Crippen molar-refractivity contribution in [3.05, 3.63) is 35.9 Å². The molecule has 2 rings (SSSR count). The smallest absolute Gasteiger partial charge is 0.241 e. The van der Waals surface area contributed by atoms with Gasteiger partial charge in [-0.1, -0.05) is 30.3 Å². The molecule has 1 aliphatic rings. The average molecular weight is 266 g/mol. The maximum Gasteiger partial charge on any atom is 0.241 e. The van der Waals surface area contributed by atoms with E-state index in [4.69, 9.17) is 5.73 Å². The van der Waals surface area contributed by atoms with Crippen molar-refractivity contribution in [2.75, 3.05) is 11.5 Å². The number of carbonyl (C=O) groups is 1. The highest BCUT2D eigenvalue weighted by atomic mass is 32.2. The zero-order valence-corrected chi connectivity index (χ0v) is 11.0. The third kappa shape index (κ3) is 3.40. The van der Waals surface area contributed by atoms with E-state index in [9.17, 15) is 9.00 Å². The van der Waals surface area contributed by atoms with Crippen LogP contribution >= 0.6 is 0 Å². The van der Waals surface area contributed by atoms with Crippen molar-refractivity contribution in [2.45, 2.75) is 24.9 Å². The number of rotatable bonds is 3. The topological polar surface area (TPSA) is 72.2 Å². The number of nitrogens with two attached hydrogens (primary N) is 1. The third-order valence-electron chi connectivity index (χ3n) is 3.18. The Kier molecular flexibility index (Phi) is 4.49.